The highest BCUT2D eigenvalue weighted by molar-refractivity contribution is 7.55. The zero-order valence-electron chi connectivity index (χ0n) is 11.1. The van der Waals surface area contributed by atoms with Crippen molar-refractivity contribution in [3.63, 3.8) is 0 Å². The predicted molar refractivity (Wildman–Crippen MR) is 76.7 cm³/mol. The number of allylic oxidation sites excluding steroid dienone is 1. The van der Waals surface area contributed by atoms with Crippen molar-refractivity contribution in [1.82, 2.24) is 0 Å². The van der Waals surface area contributed by atoms with Gasteiger partial charge in [0.25, 0.3) is 0 Å². The molecule has 0 N–H and O–H groups in total. The average molecular weight is 259 g/mol. The number of benzene rings is 1. The van der Waals surface area contributed by atoms with Gasteiger partial charge in [-0.3, -0.25) is 0 Å². The maximum atomic E-state index is 13.1. The Hall–Kier alpha value is -0.940. The maximum absolute atomic E-state index is 13.1. The minimum Gasteiger partial charge on any atom is -0.0989 e. The lowest BCUT2D eigenvalue weighted by Gasteiger charge is -2.35. The minimum atomic E-state index is -1.34. The van der Waals surface area contributed by atoms with Gasteiger partial charge in [-0.05, 0) is 30.9 Å². The van der Waals surface area contributed by atoms with Crippen LogP contribution in [0.3, 0.4) is 0 Å². The van der Waals surface area contributed by atoms with E-state index in [1.54, 1.807) is 0 Å². The molecule has 0 saturated heterocycles. The average Bonchev–Trinajstić information content (AvgIpc) is 2.90. The zero-order valence-corrected chi connectivity index (χ0v) is 12.0. The first-order valence-corrected chi connectivity index (χ1v) is 7.97. The van der Waals surface area contributed by atoms with Crippen molar-refractivity contribution < 1.29 is 4.57 Å². The van der Waals surface area contributed by atoms with Gasteiger partial charge in [-0.1, -0.05) is 48.8 Å². The second-order valence-corrected chi connectivity index (χ2v) is 8.21. The van der Waals surface area contributed by atoms with E-state index in [1.807, 2.05) is 30.3 Å². The van der Waals surface area contributed by atoms with Gasteiger partial charge in [0.05, 0.1) is 0 Å². The van der Waals surface area contributed by atoms with Crippen LogP contribution in [0.15, 0.2) is 42.5 Å². The lowest BCUT2D eigenvalue weighted by Crippen LogP contribution is -2.39. The van der Waals surface area contributed by atoms with Crippen LogP contribution < -0.4 is 5.30 Å². The Morgan fingerprint density at radius 2 is 1.94 bits per heavy atom. The minimum absolute atomic E-state index is 0.0131. The van der Waals surface area contributed by atoms with Gasteiger partial charge in [0, 0.05) is 11.8 Å². The number of hydrogen-bond acceptors (Lipinski definition) is 1. The van der Waals surface area contributed by atoms with Crippen LogP contribution in [0, 0.1) is 11.3 Å². The fourth-order valence-electron chi connectivity index (χ4n) is 3.95. The van der Waals surface area contributed by atoms with Gasteiger partial charge in [0.1, 0.15) is 0 Å². The Bertz CT molecular complexity index is 517. The Balaban J connectivity index is 2.06. The van der Waals surface area contributed by atoms with Gasteiger partial charge in [-0.2, -0.15) is 0 Å². The molecule has 0 heterocycles. The predicted octanol–water partition coefficient (Wildman–Crippen LogP) is 4.27. The first-order valence-electron chi connectivity index (χ1n) is 6.71. The van der Waals surface area contributed by atoms with Crippen molar-refractivity contribution in [1.29, 1.82) is 0 Å². The van der Waals surface area contributed by atoms with Crippen molar-refractivity contribution in [2.45, 2.75) is 38.3 Å². The summed E-state index contributed by atoms with van der Waals surface area (Å²) >= 11 is 0. The second kappa shape index (κ2) is 3.78. The van der Waals surface area contributed by atoms with Gasteiger partial charge in [0.15, 0.2) is 10.5 Å². The van der Waals surface area contributed by atoms with Crippen LogP contribution in [0.1, 0.15) is 33.1 Å². The van der Waals surface area contributed by atoms with Crippen LogP contribution in [0.2, 0.25) is 0 Å². The van der Waals surface area contributed by atoms with Crippen LogP contribution in [0.5, 0.6) is 0 Å². The molecule has 3 atom stereocenters. The van der Waals surface area contributed by atoms with Crippen LogP contribution in [-0.2, 0) is 4.57 Å². The molecule has 3 unspecified atom stereocenters. The van der Waals surface area contributed by atoms with Crippen molar-refractivity contribution in [3.8, 4) is 0 Å². The third-order valence-electron chi connectivity index (χ3n) is 5.33. The van der Waals surface area contributed by atoms with Crippen LogP contribution in [0.4, 0.5) is 0 Å². The molecule has 2 aliphatic carbocycles. The molecule has 1 aromatic rings. The van der Waals surface area contributed by atoms with Crippen molar-refractivity contribution in [2.75, 3.05) is 0 Å². The summed E-state index contributed by atoms with van der Waals surface area (Å²) in [6, 6.07) is 9.99. The molecular weight excluding hydrogens is 239 g/mol. The van der Waals surface area contributed by atoms with Gasteiger partial charge in [-0.25, -0.2) is 0 Å². The van der Waals surface area contributed by atoms with Crippen LogP contribution in [0.25, 0.3) is 0 Å². The molecule has 0 aliphatic heterocycles. The standard InChI is InChI=1S/C16H20OP/c1-12-13-9-10-16(11-13,15(12,2)3)18(17)14-7-5-4-6-8-14/h4-8,13H,1,9-11H2,2-3H3/q+1. The molecule has 2 aliphatic rings. The molecular formula is C16H20OP+. The quantitative estimate of drug-likeness (QED) is 0.572. The second-order valence-electron chi connectivity index (χ2n) is 6.25. The van der Waals surface area contributed by atoms with Crippen LogP contribution >= 0.6 is 7.80 Å². The van der Waals surface area contributed by atoms with E-state index in [-0.39, 0.29) is 10.6 Å². The van der Waals surface area contributed by atoms with E-state index in [0.29, 0.717) is 5.92 Å². The molecule has 2 saturated carbocycles. The molecule has 18 heavy (non-hydrogen) atoms. The summed E-state index contributed by atoms with van der Waals surface area (Å²) in [5.41, 5.74) is 1.34. The normalized spacial score (nSPS) is 33.8. The smallest absolute Gasteiger partial charge is 0.0989 e. The summed E-state index contributed by atoms with van der Waals surface area (Å²) in [5, 5.41) is 0.960. The van der Waals surface area contributed by atoms with E-state index in [1.165, 1.54) is 12.0 Å². The number of fused-ring (bicyclic) bond motifs is 2. The monoisotopic (exact) mass is 259 g/mol. The molecule has 2 fully saturated rings. The fraction of sp³-hybridized carbons (Fsp3) is 0.500. The molecule has 94 valence electrons. The molecule has 0 amide bonds. The largest absolute Gasteiger partial charge is 0.384 e. The van der Waals surface area contributed by atoms with E-state index < -0.39 is 7.80 Å². The summed E-state index contributed by atoms with van der Waals surface area (Å²) in [5.74, 6) is 0.600. The molecule has 1 nitrogen and oxygen atoms in total. The highest BCUT2D eigenvalue weighted by Gasteiger charge is 2.70. The summed E-state index contributed by atoms with van der Waals surface area (Å²) in [6.07, 6.45) is 3.34. The lowest BCUT2D eigenvalue weighted by atomic mass is 9.73. The molecule has 0 radical (unpaired) electrons. The maximum Gasteiger partial charge on any atom is 0.384 e. The zero-order chi connectivity index (χ0) is 13.0. The first kappa shape index (κ1) is 12.1. The lowest BCUT2D eigenvalue weighted by molar-refractivity contribution is 0.313. The third kappa shape index (κ3) is 1.34. The first-order chi connectivity index (χ1) is 8.49. The summed E-state index contributed by atoms with van der Waals surface area (Å²) in [6.45, 7) is 8.76. The molecule has 0 aromatic heterocycles. The molecule has 2 bridgehead atoms. The van der Waals surface area contributed by atoms with Gasteiger partial charge >= 0.3 is 7.80 Å². The van der Waals surface area contributed by atoms with Crippen molar-refractivity contribution >= 4 is 13.1 Å². The number of hydrogen-bond donors (Lipinski definition) is 0. The SMILES string of the molecule is C=C1C2CCC([P+](=O)c3ccccc3)(C2)C1(C)C. The topological polar surface area (TPSA) is 17.1 Å². The summed E-state index contributed by atoms with van der Waals surface area (Å²) < 4.78 is 13.1. The van der Waals surface area contributed by atoms with E-state index in [2.05, 4.69) is 20.4 Å². The number of rotatable bonds is 2. The van der Waals surface area contributed by atoms with Crippen molar-refractivity contribution in [2.24, 2.45) is 11.3 Å². The van der Waals surface area contributed by atoms with Crippen molar-refractivity contribution in [3.05, 3.63) is 42.5 Å². The Morgan fingerprint density at radius 3 is 2.50 bits per heavy atom. The highest BCUT2D eigenvalue weighted by atomic mass is 31.1. The Labute approximate surface area is 110 Å². The highest BCUT2D eigenvalue weighted by Crippen LogP contribution is 2.70. The molecule has 0 spiro atoms. The molecule has 1 aromatic carbocycles. The fourth-order valence-corrected chi connectivity index (χ4v) is 6.25. The van der Waals surface area contributed by atoms with E-state index in [4.69, 9.17) is 0 Å². The van der Waals surface area contributed by atoms with Gasteiger partial charge < -0.3 is 0 Å². The van der Waals surface area contributed by atoms with Gasteiger partial charge in [0.2, 0.25) is 0 Å². The Kier molecular flexibility index (Phi) is 2.54. The van der Waals surface area contributed by atoms with E-state index in [0.717, 1.165) is 18.1 Å². The molecule has 3 rings (SSSR count). The summed E-state index contributed by atoms with van der Waals surface area (Å²) in [7, 11) is -1.34. The molecule has 2 heteroatoms. The van der Waals surface area contributed by atoms with E-state index in [9.17, 15) is 4.57 Å². The van der Waals surface area contributed by atoms with Crippen LogP contribution in [-0.4, -0.2) is 5.16 Å². The summed E-state index contributed by atoms with van der Waals surface area (Å²) in [4.78, 5) is 0. The Morgan fingerprint density at radius 1 is 1.28 bits per heavy atom. The van der Waals surface area contributed by atoms with E-state index >= 15 is 0 Å². The third-order valence-corrected chi connectivity index (χ3v) is 7.84. The van der Waals surface area contributed by atoms with Gasteiger partial charge in [-0.15, -0.1) is 0 Å².